The maximum absolute atomic E-state index is 12.4. The Morgan fingerprint density at radius 1 is 1.42 bits per heavy atom. The van der Waals surface area contributed by atoms with Gasteiger partial charge in [-0.05, 0) is 49.6 Å². The minimum atomic E-state index is -3.86. The Hall–Kier alpha value is -2.23. The van der Waals surface area contributed by atoms with Crippen molar-refractivity contribution in [1.82, 2.24) is 15.1 Å². The predicted octanol–water partition coefficient (Wildman–Crippen LogP) is 1.27. The number of benzene rings is 1. The van der Waals surface area contributed by atoms with Gasteiger partial charge in [-0.3, -0.25) is 9.48 Å². The molecular formula is C17H23N5O3S. The molecule has 3 rings (SSSR count). The van der Waals surface area contributed by atoms with Crippen LogP contribution < -0.4 is 15.8 Å². The summed E-state index contributed by atoms with van der Waals surface area (Å²) in [7, 11) is -3.86. The number of carbonyl (C=O) groups excluding carboxylic acids is 1. The van der Waals surface area contributed by atoms with Gasteiger partial charge in [0.1, 0.15) is 0 Å². The smallest absolute Gasteiger partial charge is 0.276 e. The molecule has 1 aromatic carbocycles. The molecule has 1 aromatic heterocycles. The maximum Gasteiger partial charge on any atom is 0.276 e. The largest absolute Gasteiger partial charge is 0.321 e. The molecule has 1 saturated heterocycles. The van der Waals surface area contributed by atoms with E-state index in [0.717, 1.165) is 25.9 Å². The second kappa shape index (κ2) is 7.56. The molecule has 1 aliphatic rings. The Morgan fingerprint density at radius 2 is 2.23 bits per heavy atom. The summed E-state index contributed by atoms with van der Waals surface area (Å²) < 4.78 is 25.3. The van der Waals surface area contributed by atoms with Crippen LogP contribution in [0.1, 0.15) is 41.9 Å². The number of carbonyl (C=O) groups is 1. The second-order valence-corrected chi connectivity index (χ2v) is 7.89. The van der Waals surface area contributed by atoms with Crippen LogP contribution in [0.25, 0.3) is 0 Å². The van der Waals surface area contributed by atoms with Gasteiger partial charge >= 0.3 is 0 Å². The molecule has 9 heteroatoms. The summed E-state index contributed by atoms with van der Waals surface area (Å²) in [4.78, 5) is 12.5. The zero-order valence-electron chi connectivity index (χ0n) is 14.6. The summed E-state index contributed by atoms with van der Waals surface area (Å²) in [6, 6.07) is 6.59. The average molecular weight is 377 g/mol. The van der Waals surface area contributed by atoms with Gasteiger partial charge in [-0.15, -0.1) is 0 Å². The summed E-state index contributed by atoms with van der Waals surface area (Å²) in [5, 5.41) is 15.6. The molecular weight excluding hydrogens is 354 g/mol. The highest BCUT2D eigenvalue weighted by Crippen LogP contribution is 2.21. The van der Waals surface area contributed by atoms with Crippen LogP contribution in [-0.4, -0.2) is 37.2 Å². The van der Waals surface area contributed by atoms with Gasteiger partial charge in [0.25, 0.3) is 5.91 Å². The number of hydrogen-bond acceptors (Lipinski definition) is 5. The predicted molar refractivity (Wildman–Crippen MR) is 98.5 cm³/mol. The molecule has 1 amide bonds. The van der Waals surface area contributed by atoms with Gasteiger partial charge in [0, 0.05) is 18.4 Å². The van der Waals surface area contributed by atoms with E-state index in [1.54, 1.807) is 29.1 Å². The molecule has 1 aliphatic heterocycles. The lowest BCUT2D eigenvalue weighted by Crippen LogP contribution is -2.32. The van der Waals surface area contributed by atoms with Crippen molar-refractivity contribution in [2.45, 2.75) is 37.1 Å². The molecule has 4 N–H and O–H groups in total. The lowest BCUT2D eigenvalue weighted by molar-refractivity contribution is 0.102. The van der Waals surface area contributed by atoms with Crippen LogP contribution in [0.2, 0.25) is 0 Å². The fourth-order valence-electron chi connectivity index (χ4n) is 3.11. The van der Waals surface area contributed by atoms with Crippen molar-refractivity contribution in [3.63, 3.8) is 0 Å². The molecule has 0 saturated carbocycles. The van der Waals surface area contributed by atoms with Crippen molar-refractivity contribution in [3.05, 3.63) is 41.7 Å². The van der Waals surface area contributed by atoms with Crippen molar-refractivity contribution < 1.29 is 13.2 Å². The monoisotopic (exact) mass is 377 g/mol. The Kier molecular flexibility index (Phi) is 5.40. The van der Waals surface area contributed by atoms with E-state index in [9.17, 15) is 13.2 Å². The Morgan fingerprint density at radius 3 is 2.88 bits per heavy atom. The highest BCUT2D eigenvalue weighted by Gasteiger charge is 2.19. The maximum atomic E-state index is 12.4. The van der Waals surface area contributed by atoms with Crippen molar-refractivity contribution >= 4 is 21.6 Å². The Balaban J connectivity index is 1.77. The van der Waals surface area contributed by atoms with E-state index in [0.29, 0.717) is 17.7 Å². The minimum Gasteiger partial charge on any atom is -0.321 e. The fourth-order valence-corrected chi connectivity index (χ4v) is 3.98. The highest BCUT2D eigenvalue weighted by molar-refractivity contribution is 7.89. The van der Waals surface area contributed by atoms with E-state index in [1.165, 1.54) is 6.07 Å². The summed E-state index contributed by atoms with van der Waals surface area (Å²) in [5.41, 5.74) is 1.26. The van der Waals surface area contributed by atoms with Gasteiger partial charge in [0.05, 0.1) is 10.9 Å². The Labute approximate surface area is 152 Å². The molecule has 0 aliphatic carbocycles. The third kappa shape index (κ3) is 4.12. The average Bonchev–Trinajstić information content (AvgIpc) is 3.12. The quantitative estimate of drug-likeness (QED) is 0.725. The van der Waals surface area contributed by atoms with Gasteiger partial charge in [-0.2, -0.15) is 5.10 Å². The van der Waals surface area contributed by atoms with Crippen molar-refractivity contribution in [1.29, 1.82) is 0 Å². The number of amides is 1. The molecule has 1 fully saturated rings. The minimum absolute atomic E-state index is 0.0246. The third-order valence-corrected chi connectivity index (χ3v) is 5.49. The number of aryl methyl sites for hydroxylation is 1. The van der Waals surface area contributed by atoms with E-state index in [1.807, 2.05) is 6.92 Å². The molecule has 0 bridgehead atoms. The molecule has 1 atom stereocenters. The number of nitrogens with zero attached hydrogens (tertiary/aromatic N) is 2. The lowest BCUT2D eigenvalue weighted by atomic mass is 10.1. The molecule has 1 unspecified atom stereocenters. The van der Waals surface area contributed by atoms with E-state index in [4.69, 9.17) is 5.14 Å². The Bertz CT molecular complexity index is 901. The molecule has 0 radical (unpaired) electrons. The number of piperidine rings is 1. The molecule has 140 valence electrons. The van der Waals surface area contributed by atoms with E-state index >= 15 is 0 Å². The molecule has 2 heterocycles. The third-order valence-electron chi connectivity index (χ3n) is 4.50. The van der Waals surface area contributed by atoms with Gasteiger partial charge in [0.2, 0.25) is 10.0 Å². The first kappa shape index (κ1) is 18.6. The number of anilines is 1. The van der Waals surface area contributed by atoms with Crippen LogP contribution in [-0.2, 0) is 16.4 Å². The first-order valence-electron chi connectivity index (χ1n) is 8.61. The van der Waals surface area contributed by atoms with E-state index in [-0.39, 0.29) is 16.6 Å². The second-order valence-electron chi connectivity index (χ2n) is 6.36. The van der Waals surface area contributed by atoms with Gasteiger partial charge in [-0.25, -0.2) is 13.6 Å². The summed E-state index contributed by atoms with van der Waals surface area (Å²) in [6.45, 7) is 3.68. The highest BCUT2D eigenvalue weighted by atomic mass is 32.2. The van der Waals surface area contributed by atoms with Crippen molar-refractivity contribution in [3.8, 4) is 0 Å². The summed E-state index contributed by atoms with van der Waals surface area (Å²) in [5.74, 6) is -0.392. The standard InChI is InChI=1S/C17H23N5O3S/c1-2-12-5-6-13(10-16(12)26(18,24)25)20-17(23)15-7-9-22(21-15)14-4-3-8-19-11-14/h5-7,9-10,14,19H,2-4,8,11H2,1H3,(H,20,23)(H2,18,24,25). The lowest BCUT2D eigenvalue weighted by Gasteiger charge is -2.22. The number of sulfonamides is 1. The van der Waals surface area contributed by atoms with Crippen LogP contribution in [0.15, 0.2) is 35.4 Å². The first-order chi connectivity index (χ1) is 12.4. The van der Waals surface area contributed by atoms with Crippen LogP contribution >= 0.6 is 0 Å². The van der Waals surface area contributed by atoms with E-state index in [2.05, 4.69) is 15.7 Å². The molecule has 2 aromatic rings. The van der Waals surface area contributed by atoms with Crippen molar-refractivity contribution in [2.75, 3.05) is 18.4 Å². The number of rotatable bonds is 5. The summed E-state index contributed by atoms with van der Waals surface area (Å²) >= 11 is 0. The van der Waals surface area contributed by atoms with Gasteiger partial charge < -0.3 is 10.6 Å². The van der Waals surface area contributed by atoms with Crippen LogP contribution in [0, 0.1) is 0 Å². The number of hydrogen-bond donors (Lipinski definition) is 3. The summed E-state index contributed by atoms with van der Waals surface area (Å²) in [6.07, 6.45) is 4.42. The molecule has 0 spiro atoms. The topological polar surface area (TPSA) is 119 Å². The van der Waals surface area contributed by atoms with Crippen LogP contribution in [0.3, 0.4) is 0 Å². The van der Waals surface area contributed by atoms with Crippen LogP contribution in [0.4, 0.5) is 5.69 Å². The first-order valence-corrected chi connectivity index (χ1v) is 10.2. The van der Waals surface area contributed by atoms with Crippen molar-refractivity contribution in [2.24, 2.45) is 5.14 Å². The molecule has 8 nitrogen and oxygen atoms in total. The zero-order valence-corrected chi connectivity index (χ0v) is 15.4. The zero-order chi connectivity index (χ0) is 18.7. The SMILES string of the molecule is CCc1ccc(NC(=O)c2ccn(C3CCCNC3)n2)cc1S(N)(=O)=O. The van der Waals surface area contributed by atoms with E-state index < -0.39 is 15.9 Å². The number of primary sulfonamides is 1. The number of nitrogens with one attached hydrogen (secondary N) is 2. The van der Waals surface area contributed by atoms with Gasteiger partial charge in [0.15, 0.2) is 5.69 Å². The fraction of sp³-hybridized carbons (Fsp3) is 0.412. The number of nitrogens with two attached hydrogens (primary N) is 1. The van der Waals surface area contributed by atoms with Crippen LogP contribution in [0.5, 0.6) is 0 Å². The number of aromatic nitrogens is 2. The molecule has 26 heavy (non-hydrogen) atoms. The van der Waals surface area contributed by atoms with Gasteiger partial charge in [-0.1, -0.05) is 13.0 Å². The normalized spacial score (nSPS) is 17.8.